The second kappa shape index (κ2) is 8.34. The Morgan fingerprint density at radius 1 is 1.00 bits per heavy atom. The maximum absolute atomic E-state index is 12.0. The molecule has 0 radical (unpaired) electrons. The Morgan fingerprint density at radius 3 is 2.35 bits per heavy atom. The molecule has 23 heavy (non-hydrogen) atoms. The Labute approximate surface area is 137 Å². The van der Waals surface area contributed by atoms with Crippen molar-refractivity contribution < 1.29 is 19.0 Å². The van der Waals surface area contributed by atoms with E-state index >= 15 is 0 Å². The first-order chi connectivity index (χ1) is 11.2. The molecule has 0 saturated carbocycles. The first kappa shape index (κ1) is 17.0. The van der Waals surface area contributed by atoms with Gasteiger partial charge in [-0.1, -0.05) is 30.3 Å². The number of carbonyl (C=O) groups excluding carboxylic acids is 1. The fraction of sp³-hybridized carbons (Fsp3) is 0.316. The first-order valence-corrected chi connectivity index (χ1v) is 7.53. The van der Waals surface area contributed by atoms with E-state index in [4.69, 9.17) is 14.2 Å². The van der Waals surface area contributed by atoms with Gasteiger partial charge in [0.25, 0.3) is 0 Å². The number of benzene rings is 2. The van der Waals surface area contributed by atoms with Crippen LogP contribution in [0.2, 0.25) is 0 Å². The molecule has 0 N–H and O–H groups in total. The van der Waals surface area contributed by atoms with Gasteiger partial charge in [0.1, 0.15) is 6.61 Å². The molecule has 2 rings (SSSR count). The van der Waals surface area contributed by atoms with Gasteiger partial charge in [0.05, 0.1) is 19.3 Å². The van der Waals surface area contributed by atoms with E-state index < -0.39 is 0 Å². The van der Waals surface area contributed by atoms with Crippen LogP contribution in [0.15, 0.2) is 42.5 Å². The summed E-state index contributed by atoms with van der Waals surface area (Å²) < 4.78 is 16.1. The molecule has 0 saturated heterocycles. The summed E-state index contributed by atoms with van der Waals surface area (Å²) in [5.74, 6) is 0.999. The number of hydrogen-bond donors (Lipinski definition) is 0. The molecule has 0 spiro atoms. The molecule has 0 bridgehead atoms. The van der Waals surface area contributed by atoms with Crippen LogP contribution in [-0.4, -0.2) is 33.2 Å². The van der Waals surface area contributed by atoms with Crippen LogP contribution in [0.4, 0.5) is 0 Å². The molecule has 0 amide bonds. The van der Waals surface area contributed by atoms with Gasteiger partial charge in [-0.15, -0.1) is 0 Å². The fourth-order valence-corrected chi connectivity index (χ4v) is 2.38. The van der Waals surface area contributed by atoms with Crippen molar-refractivity contribution in [2.24, 2.45) is 0 Å². The third kappa shape index (κ3) is 4.57. The predicted molar refractivity (Wildman–Crippen MR) is 89.6 cm³/mol. The summed E-state index contributed by atoms with van der Waals surface area (Å²) in [6.45, 7) is 2.35. The lowest BCUT2D eigenvalue weighted by Gasteiger charge is -2.16. The van der Waals surface area contributed by atoms with E-state index in [2.05, 4.69) is 12.1 Å². The van der Waals surface area contributed by atoms with Gasteiger partial charge in [0, 0.05) is 7.11 Å². The van der Waals surface area contributed by atoms with Gasteiger partial charge < -0.3 is 14.2 Å². The molecule has 0 heterocycles. The molecule has 0 unspecified atom stereocenters. The molecular formula is C19H22O4. The average Bonchev–Trinajstić information content (AvgIpc) is 2.56. The highest BCUT2D eigenvalue weighted by Gasteiger charge is 2.16. The Hall–Kier alpha value is -2.33. The largest absolute Gasteiger partial charge is 0.493 e. The van der Waals surface area contributed by atoms with Crippen LogP contribution in [0.3, 0.4) is 0 Å². The van der Waals surface area contributed by atoms with Gasteiger partial charge in [0.15, 0.2) is 17.3 Å². The SMILES string of the molecule is COCCOc1c(OC)cc(Cc2ccccc2)cc1C(C)=O. The number of hydrogen-bond acceptors (Lipinski definition) is 4. The highest BCUT2D eigenvalue weighted by molar-refractivity contribution is 5.98. The number of rotatable bonds is 8. The van der Waals surface area contributed by atoms with Crippen LogP contribution in [-0.2, 0) is 11.2 Å². The Morgan fingerprint density at radius 2 is 1.74 bits per heavy atom. The molecule has 4 nitrogen and oxygen atoms in total. The quantitative estimate of drug-likeness (QED) is 0.552. The second-order valence-electron chi connectivity index (χ2n) is 5.23. The zero-order valence-corrected chi connectivity index (χ0v) is 13.8. The molecule has 0 fully saturated rings. The standard InChI is InChI=1S/C19H22O4/c1-14(20)17-12-16(11-15-7-5-4-6-8-15)13-18(22-3)19(17)23-10-9-21-2/h4-8,12-13H,9-11H2,1-3H3. The molecule has 2 aromatic rings. The molecule has 0 aliphatic carbocycles. The summed E-state index contributed by atoms with van der Waals surface area (Å²) in [5, 5.41) is 0. The summed E-state index contributed by atoms with van der Waals surface area (Å²) in [6, 6.07) is 13.9. The van der Waals surface area contributed by atoms with E-state index in [1.807, 2.05) is 30.3 Å². The predicted octanol–water partition coefficient (Wildman–Crippen LogP) is 3.51. The first-order valence-electron chi connectivity index (χ1n) is 7.53. The Balaban J connectivity index is 2.34. The van der Waals surface area contributed by atoms with Crippen molar-refractivity contribution in [3.63, 3.8) is 0 Å². The summed E-state index contributed by atoms with van der Waals surface area (Å²) in [7, 11) is 3.18. The van der Waals surface area contributed by atoms with E-state index in [9.17, 15) is 4.79 Å². The third-order valence-corrected chi connectivity index (χ3v) is 3.50. The van der Waals surface area contributed by atoms with Crippen molar-refractivity contribution in [3.8, 4) is 11.5 Å². The van der Waals surface area contributed by atoms with Gasteiger partial charge in [-0.3, -0.25) is 4.79 Å². The molecule has 4 heteroatoms. The normalized spacial score (nSPS) is 10.4. The number of Topliss-reactive ketones (excluding diaryl/α,β-unsaturated/α-hetero) is 1. The van der Waals surface area contributed by atoms with E-state index in [1.165, 1.54) is 12.5 Å². The van der Waals surface area contributed by atoms with Crippen molar-refractivity contribution in [1.82, 2.24) is 0 Å². The summed E-state index contributed by atoms with van der Waals surface area (Å²) >= 11 is 0. The average molecular weight is 314 g/mol. The zero-order chi connectivity index (χ0) is 16.7. The Kier molecular flexibility index (Phi) is 6.18. The molecule has 0 aromatic heterocycles. The van der Waals surface area contributed by atoms with E-state index in [0.717, 1.165) is 12.0 Å². The monoisotopic (exact) mass is 314 g/mol. The third-order valence-electron chi connectivity index (χ3n) is 3.50. The molecule has 0 aliphatic heterocycles. The topological polar surface area (TPSA) is 44.8 Å². The number of ketones is 1. The maximum Gasteiger partial charge on any atom is 0.172 e. The minimum absolute atomic E-state index is 0.0503. The number of methoxy groups -OCH3 is 2. The summed E-state index contributed by atoms with van der Waals surface area (Å²) in [6.07, 6.45) is 0.732. The number of carbonyl (C=O) groups is 1. The van der Waals surface area contributed by atoms with E-state index in [-0.39, 0.29) is 5.78 Å². The van der Waals surface area contributed by atoms with Gasteiger partial charge in [0.2, 0.25) is 0 Å². The molecular weight excluding hydrogens is 292 g/mol. The minimum Gasteiger partial charge on any atom is -0.493 e. The van der Waals surface area contributed by atoms with Crippen molar-refractivity contribution in [2.45, 2.75) is 13.3 Å². The van der Waals surface area contributed by atoms with Crippen molar-refractivity contribution in [3.05, 3.63) is 59.2 Å². The summed E-state index contributed by atoms with van der Waals surface area (Å²) in [4.78, 5) is 12.0. The van der Waals surface area contributed by atoms with Gasteiger partial charge in [-0.05, 0) is 36.6 Å². The maximum atomic E-state index is 12.0. The second-order valence-corrected chi connectivity index (χ2v) is 5.23. The summed E-state index contributed by atoms with van der Waals surface area (Å²) in [5.41, 5.74) is 2.72. The highest BCUT2D eigenvalue weighted by atomic mass is 16.5. The van der Waals surface area contributed by atoms with Gasteiger partial charge in [-0.25, -0.2) is 0 Å². The molecule has 2 aromatic carbocycles. The van der Waals surface area contributed by atoms with Gasteiger partial charge in [-0.2, -0.15) is 0 Å². The zero-order valence-electron chi connectivity index (χ0n) is 13.8. The van der Waals surface area contributed by atoms with Crippen molar-refractivity contribution in [2.75, 3.05) is 27.4 Å². The lowest BCUT2D eigenvalue weighted by Crippen LogP contribution is -2.09. The van der Waals surface area contributed by atoms with Crippen LogP contribution in [0.5, 0.6) is 11.5 Å². The van der Waals surface area contributed by atoms with Crippen LogP contribution >= 0.6 is 0 Å². The fourth-order valence-electron chi connectivity index (χ4n) is 2.38. The van der Waals surface area contributed by atoms with Crippen molar-refractivity contribution in [1.29, 1.82) is 0 Å². The number of ether oxygens (including phenoxy) is 3. The van der Waals surface area contributed by atoms with Gasteiger partial charge >= 0.3 is 0 Å². The van der Waals surface area contributed by atoms with Crippen LogP contribution in [0.1, 0.15) is 28.4 Å². The highest BCUT2D eigenvalue weighted by Crippen LogP contribution is 2.34. The lowest BCUT2D eigenvalue weighted by atomic mass is 10.00. The van der Waals surface area contributed by atoms with Crippen LogP contribution in [0, 0.1) is 0 Å². The lowest BCUT2D eigenvalue weighted by molar-refractivity contribution is 0.100. The van der Waals surface area contributed by atoms with Crippen molar-refractivity contribution >= 4 is 5.78 Å². The van der Waals surface area contributed by atoms with E-state index in [0.29, 0.717) is 30.3 Å². The molecule has 122 valence electrons. The smallest absolute Gasteiger partial charge is 0.172 e. The Bertz CT molecular complexity index is 650. The van der Waals surface area contributed by atoms with Crippen LogP contribution < -0.4 is 9.47 Å². The minimum atomic E-state index is -0.0503. The molecule has 0 aliphatic rings. The van der Waals surface area contributed by atoms with Crippen LogP contribution in [0.25, 0.3) is 0 Å². The molecule has 0 atom stereocenters. The van der Waals surface area contributed by atoms with E-state index in [1.54, 1.807) is 14.2 Å².